The number of allylic oxidation sites excluding steroid dienone is 1. The van der Waals surface area contributed by atoms with Crippen molar-refractivity contribution in [1.29, 1.82) is 0 Å². The van der Waals surface area contributed by atoms with Crippen LogP contribution in [0, 0.1) is 0 Å². The van der Waals surface area contributed by atoms with Gasteiger partial charge in [0.2, 0.25) is 0 Å². The van der Waals surface area contributed by atoms with Gasteiger partial charge in [0.05, 0.1) is 0 Å². The number of nitrogens with one attached hydrogen (secondary N) is 1. The fourth-order valence-electron chi connectivity index (χ4n) is 1.51. The highest BCUT2D eigenvalue weighted by Crippen LogP contribution is 2.23. The van der Waals surface area contributed by atoms with Crippen molar-refractivity contribution in [3.63, 3.8) is 0 Å². The van der Waals surface area contributed by atoms with Gasteiger partial charge in [0.15, 0.2) is 0 Å². The van der Waals surface area contributed by atoms with Crippen molar-refractivity contribution < 1.29 is 0 Å². The molecule has 3 heteroatoms. The standard InChI is InChI=1S/C13H20N2O/c1-6-7-15-11(14-5)8-10(9-12(15)16)13(2,3)4/h6-9,14H,1-5H3/b7-6-. The molecule has 88 valence electrons. The van der Waals surface area contributed by atoms with Gasteiger partial charge in [0.1, 0.15) is 5.82 Å². The second-order valence-corrected chi connectivity index (χ2v) is 4.82. The maximum Gasteiger partial charge on any atom is 0.256 e. The van der Waals surface area contributed by atoms with E-state index in [-0.39, 0.29) is 11.0 Å². The summed E-state index contributed by atoms with van der Waals surface area (Å²) in [5.41, 5.74) is 1.03. The smallest absolute Gasteiger partial charge is 0.256 e. The van der Waals surface area contributed by atoms with E-state index in [0.29, 0.717) is 0 Å². The molecule has 0 saturated carbocycles. The summed E-state index contributed by atoms with van der Waals surface area (Å²) in [4.78, 5) is 11.9. The predicted molar refractivity (Wildman–Crippen MR) is 70.0 cm³/mol. The van der Waals surface area contributed by atoms with E-state index in [1.165, 1.54) is 0 Å². The minimum Gasteiger partial charge on any atom is -0.374 e. The number of nitrogens with zero attached hydrogens (tertiary/aromatic N) is 1. The lowest BCUT2D eigenvalue weighted by molar-refractivity contribution is 0.588. The van der Waals surface area contributed by atoms with Crippen LogP contribution in [0.15, 0.2) is 23.0 Å². The summed E-state index contributed by atoms with van der Waals surface area (Å²) in [5, 5.41) is 3.05. The lowest BCUT2D eigenvalue weighted by atomic mass is 9.87. The van der Waals surface area contributed by atoms with Crippen LogP contribution in [0.5, 0.6) is 0 Å². The van der Waals surface area contributed by atoms with E-state index in [0.717, 1.165) is 11.4 Å². The third kappa shape index (κ3) is 2.54. The Morgan fingerprint density at radius 2 is 1.94 bits per heavy atom. The van der Waals surface area contributed by atoms with Crippen molar-refractivity contribution in [3.05, 3.63) is 34.1 Å². The topological polar surface area (TPSA) is 34.0 Å². The Morgan fingerprint density at radius 3 is 2.38 bits per heavy atom. The van der Waals surface area contributed by atoms with E-state index >= 15 is 0 Å². The third-order valence-electron chi connectivity index (χ3n) is 2.49. The molecule has 0 aliphatic rings. The van der Waals surface area contributed by atoms with Gasteiger partial charge < -0.3 is 5.32 Å². The molecule has 0 amide bonds. The Labute approximate surface area is 96.8 Å². The predicted octanol–water partition coefficient (Wildman–Crippen LogP) is 2.68. The molecule has 0 fully saturated rings. The van der Waals surface area contributed by atoms with Gasteiger partial charge in [-0.15, -0.1) is 0 Å². The van der Waals surface area contributed by atoms with Gasteiger partial charge in [0.25, 0.3) is 5.56 Å². The fourth-order valence-corrected chi connectivity index (χ4v) is 1.51. The van der Waals surface area contributed by atoms with E-state index in [9.17, 15) is 4.79 Å². The number of pyridine rings is 1. The first kappa shape index (κ1) is 12.6. The van der Waals surface area contributed by atoms with Crippen LogP contribution < -0.4 is 10.9 Å². The first-order valence-corrected chi connectivity index (χ1v) is 5.47. The zero-order valence-corrected chi connectivity index (χ0v) is 10.7. The van der Waals surface area contributed by atoms with E-state index in [4.69, 9.17) is 0 Å². The summed E-state index contributed by atoms with van der Waals surface area (Å²) in [5.74, 6) is 0.815. The van der Waals surface area contributed by atoms with Crippen LogP contribution in [0.1, 0.15) is 33.3 Å². The summed E-state index contributed by atoms with van der Waals surface area (Å²) in [7, 11) is 1.82. The van der Waals surface area contributed by atoms with Gasteiger partial charge >= 0.3 is 0 Å². The number of hydrogen-bond donors (Lipinski definition) is 1. The molecule has 1 rings (SSSR count). The van der Waals surface area contributed by atoms with Crippen LogP contribution in [0.4, 0.5) is 5.82 Å². The van der Waals surface area contributed by atoms with Crippen LogP contribution in [0.2, 0.25) is 0 Å². The SMILES string of the molecule is C/C=C\n1c(NC)cc(C(C)(C)C)cc1=O. The molecule has 16 heavy (non-hydrogen) atoms. The molecule has 0 spiro atoms. The Bertz CT molecular complexity index is 450. The Balaban J connectivity index is 3.44. The Morgan fingerprint density at radius 1 is 1.31 bits per heavy atom. The third-order valence-corrected chi connectivity index (χ3v) is 2.49. The van der Waals surface area contributed by atoms with Gasteiger partial charge in [-0.25, -0.2) is 0 Å². The van der Waals surface area contributed by atoms with E-state index in [2.05, 4.69) is 26.1 Å². The van der Waals surface area contributed by atoms with Crippen LogP contribution in [0.25, 0.3) is 6.20 Å². The van der Waals surface area contributed by atoms with Crippen molar-refractivity contribution in [3.8, 4) is 0 Å². The van der Waals surface area contributed by atoms with Crippen LogP contribution in [-0.2, 0) is 5.41 Å². The monoisotopic (exact) mass is 220 g/mol. The molecule has 0 unspecified atom stereocenters. The minimum absolute atomic E-state index is 0.00475. The number of hydrogen-bond acceptors (Lipinski definition) is 2. The van der Waals surface area contributed by atoms with Crippen LogP contribution in [-0.4, -0.2) is 11.6 Å². The Kier molecular flexibility index (Phi) is 3.58. The summed E-state index contributed by atoms with van der Waals surface area (Å²) in [6.07, 6.45) is 3.61. The van der Waals surface area contributed by atoms with Crippen molar-refractivity contribution in [2.24, 2.45) is 0 Å². The highest BCUT2D eigenvalue weighted by molar-refractivity contribution is 5.47. The van der Waals surface area contributed by atoms with Gasteiger partial charge in [-0.2, -0.15) is 0 Å². The van der Waals surface area contributed by atoms with Gasteiger partial charge in [0, 0.05) is 19.3 Å². The van der Waals surface area contributed by atoms with Gasteiger partial charge in [-0.3, -0.25) is 9.36 Å². The lowest BCUT2D eigenvalue weighted by Gasteiger charge is -2.20. The molecule has 0 saturated heterocycles. The number of anilines is 1. The van der Waals surface area contributed by atoms with Crippen LogP contribution in [0.3, 0.4) is 0 Å². The van der Waals surface area contributed by atoms with Gasteiger partial charge in [-0.05, 0) is 24.0 Å². The number of aromatic nitrogens is 1. The summed E-state index contributed by atoms with van der Waals surface area (Å²) >= 11 is 0. The molecule has 0 aliphatic carbocycles. The quantitative estimate of drug-likeness (QED) is 0.831. The summed E-state index contributed by atoms with van der Waals surface area (Å²) < 4.78 is 1.61. The average Bonchev–Trinajstić information content (AvgIpc) is 2.19. The first-order valence-electron chi connectivity index (χ1n) is 5.47. The fraction of sp³-hybridized carbons (Fsp3) is 0.462. The van der Waals surface area contributed by atoms with Gasteiger partial charge in [-0.1, -0.05) is 26.8 Å². The lowest BCUT2D eigenvalue weighted by Crippen LogP contribution is -2.22. The molecular formula is C13H20N2O. The molecule has 0 radical (unpaired) electrons. The highest BCUT2D eigenvalue weighted by Gasteiger charge is 2.16. The zero-order valence-electron chi connectivity index (χ0n) is 10.7. The molecular weight excluding hydrogens is 200 g/mol. The maximum atomic E-state index is 11.9. The average molecular weight is 220 g/mol. The molecule has 1 N–H and O–H groups in total. The molecule has 0 aliphatic heterocycles. The minimum atomic E-state index is -0.0141. The molecule has 1 heterocycles. The first-order chi connectivity index (χ1) is 7.40. The zero-order chi connectivity index (χ0) is 12.3. The largest absolute Gasteiger partial charge is 0.374 e. The Hall–Kier alpha value is -1.51. The second kappa shape index (κ2) is 4.56. The molecule has 0 atom stereocenters. The van der Waals surface area contributed by atoms with Crippen molar-refractivity contribution >= 4 is 12.0 Å². The summed E-state index contributed by atoms with van der Waals surface area (Å²) in [6.45, 7) is 8.19. The molecule has 0 aromatic carbocycles. The van der Waals surface area contributed by atoms with Crippen LogP contribution >= 0.6 is 0 Å². The normalized spacial score (nSPS) is 12.1. The number of rotatable bonds is 2. The van der Waals surface area contributed by atoms with E-state index in [1.807, 2.05) is 26.1 Å². The molecule has 1 aromatic heterocycles. The molecule has 3 nitrogen and oxygen atoms in total. The van der Waals surface area contributed by atoms with Crippen molar-refractivity contribution in [2.75, 3.05) is 12.4 Å². The summed E-state index contributed by atoms with van der Waals surface area (Å²) in [6, 6.07) is 3.71. The second-order valence-electron chi connectivity index (χ2n) is 4.82. The van der Waals surface area contributed by atoms with E-state index < -0.39 is 0 Å². The molecule has 1 aromatic rings. The van der Waals surface area contributed by atoms with Crippen molar-refractivity contribution in [1.82, 2.24) is 4.57 Å². The van der Waals surface area contributed by atoms with E-state index in [1.54, 1.807) is 16.8 Å². The molecule has 0 bridgehead atoms. The highest BCUT2D eigenvalue weighted by atomic mass is 16.1. The van der Waals surface area contributed by atoms with Crippen molar-refractivity contribution in [2.45, 2.75) is 33.1 Å². The maximum absolute atomic E-state index is 11.9.